The van der Waals surface area contributed by atoms with Crippen LogP contribution in [0.4, 0.5) is 0 Å². The fourth-order valence-electron chi connectivity index (χ4n) is 1.49. The Labute approximate surface area is 68.1 Å². The molecule has 0 aromatic heterocycles. The molecule has 1 unspecified atom stereocenters. The van der Waals surface area contributed by atoms with Crippen LogP contribution in [0.3, 0.4) is 0 Å². The Balaban J connectivity index is 2.45. The van der Waals surface area contributed by atoms with Crippen LogP contribution >= 0.6 is 0 Å². The summed E-state index contributed by atoms with van der Waals surface area (Å²) < 4.78 is 22.5. The van der Waals surface area contributed by atoms with Crippen molar-refractivity contribution in [2.24, 2.45) is 0 Å². The summed E-state index contributed by atoms with van der Waals surface area (Å²) in [5.41, 5.74) is 0. The third-order valence-electron chi connectivity index (χ3n) is 2.18. The molecule has 0 aliphatic carbocycles. The van der Waals surface area contributed by atoms with Crippen molar-refractivity contribution in [3.05, 3.63) is 0 Å². The summed E-state index contributed by atoms with van der Waals surface area (Å²) >= 11 is 0. The van der Waals surface area contributed by atoms with Crippen molar-refractivity contribution >= 4 is 9.84 Å². The third kappa shape index (κ3) is 2.17. The van der Waals surface area contributed by atoms with Gasteiger partial charge in [-0.15, -0.1) is 0 Å². The van der Waals surface area contributed by atoms with E-state index in [4.69, 9.17) is 0 Å². The summed E-state index contributed by atoms with van der Waals surface area (Å²) in [4.78, 5) is 0. The zero-order valence-electron chi connectivity index (χ0n) is 6.84. The second-order valence-corrected chi connectivity index (χ2v) is 5.42. The number of hydrogen-bond donors (Lipinski definition) is 1. The average Bonchev–Trinajstić information content (AvgIpc) is 2.25. The van der Waals surface area contributed by atoms with Crippen molar-refractivity contribution in [3.63, 3.8) is 0 Å². The average molecular weight is 177 g/mol. The second-order valence-electron chi connectivity index (χ2n) is 3.02. The van der Waals surface area contributed by atoms with E-state index in [2.05, 4.69) is 5.32 Å². The zero-order chi connectivity index (χ0) is 8.32. The molecule has 0 bridgehead atoms. The van der Waals surface area contributed by atoms with Crippen molar-refractivity contribution < 1.29 is 8.42 Å². The van der Waals surface area contributed by atoms with Gasteiger partial charge in [0.15, 0.2) is 9.84 Å². The lowest BCUT2D eigenvalue weighted by atomic mass is 10.2. The topological polar surface area (TPSA) is 46.2 Å². The predicted molar refractivity (Wildman–Crippen MR) is 45.4 cm³/mol. The van der Waals surface area contributed by atoms with Crippen LogP contribution in [0.2, 0.25) is 0 Å². The van der Waals surface area contributed by atoms with Crippen LogP contribution < -0.4 is 5.32 Å². The van der Waals surface area contributed by atoms with Gasteiger partial charge in [-0.2, -0.15) is 0 Å². The molecule has 4 heteroatoms. The molecule has 1 atom stereocenters. The zero-order valence-corrected chi connectivity index (χ0v) is 7.65. The molecule has 0 saturated carbocycles. The van der Waals surface area contributed by atoms with Crippen LogP contribution in [-0.4, -0.2) is 33.0 Å². The first-order valence-electron chi connectivity index (χ1n) is 4.03. The molecular formula is C7H15NO2S. The Kier molecular flexibility index (Phi) is 2.90. The van der Waals surface area contributed by atoms with Crippen molar-refractivity contribution in [2.75, 3.05) is 19.3 Å². The minimum Gasteiger partial charge on any atom is -0.320 e. The van der Waals surface area contributed by atoms with E-state index >= 15 is 0 Å². The molecule has 66 valence electrons. The SMILES string of the molecule is CNCCC1CCCS1(=O)=O. The molecule has 1 N–H and O–H groups in total. The molecule has 1 aliphatic heterocycles. The minimum atomic E-state index is -2.70. The Bertz CT molecular complexity index is 210. The third-order valence-corrected chi connectivity index (χ3v) is 4.52. The molecular weight excluding hydrogens is 162 g/mol. The Morgan fingerprint density at radius 3 is 2.73 bits per heavy atom. The maximum absolute atomic E-state index is 11.2. The number of nitrogens with one attached hydrogen (secondary N) is 1. The highest BCUT2D eigenvalue weighted by atomic mass is 32.2. The van der Waals surface area contributed by atoms with E-state index in [1.165, 1.54) is 0 Å². The van der Waals surface area contributed by atoms with Crippen molar-refractivity contribution in [1.82, 2.24) is 5.32 Å². The molecule has 1 fully saturated rings. The number of hydrogen-bond acceptors (Lipinski definition) is 3. The first-order valence-corrected chi connectivity index (χ1v) is 5.74. The van der Waals surface area contributed by atoms with Crippen molar-refractivity contribution in [3.8, 4) is 0 Å². The molecule has 3 nitrogen and oxygen atoms in total. The standard InChI is InChI=1S/C7H15NO2S/c1-8-5-4-7-3-2-6-11(7,9)10/h7-8H,2-6H2,1H3. The maximum Gasteiger partial charge on any atom is 0.153 e. The van der Waals surface area contributed by atoms with E-state index in [1.54, 1.807) is 0 Å². The van der Waals surface area contributed by atoms with E-state index < -0.39 is 9.84 Å². The molecule has 0 aromatic carbocycles. The highest BCUT2D eigenvalue weighted by molar-refractivity contribution is 7.92. The monoisotopic (exact) mass is 177 g/mol. The van der Waals surface area contributed by atoms with Crippen molar-refractivity contribution in [2.45, 2.75) is 24.5 Å². The van der Waals surface area contributed by atoms with Gasteiger partial charge in [0.25, 0.3) is 0 Å². The summed E-state index contributed by atoms with van der Waals surface area (Å²) in [5.74, 6) is 0.404. The van der Waals surface area contributed by atoms with Gasteiger partial charge in [0, 0.05) is 0 Å². The highest BCUT2D eigenvalue weighted by Gasteiger charge is 2.30. The molecule has 1 heterocycles. The minimum absolute atomic E-state index is 0.0602. The molecule has 0 amide bonds. The van der Waals surface area contributed by atoms with Crippen LogP contribution in [-0.2, 0) is 9.84 Å². The predicted octanol–water partition coefficient (Wildman–Crippen LogP) is 0.173. The van der Waals surface area contributed by atoms with E-state index in [1.807, 2.05) is 7.05 Å². The van der Waals surface area contributed by atoms with E-state index in [0.29, 0.717) is 5.75 Å². The van der Waals surface area contributed by atoms with Crippen molar-refractivity contribution in [1.29, 1.82) is 0 Å². The molecule has 0 radical (unpaired) electrons. The smallest absolute Gasteiger partial charge is 0.153 e. The highest BCUT2D eigenvalue weighted by Crippen LogP contribution is 2.21. The quantitative estimate of drug-likeness (QED) is 0.668. The fourth-order valence-corrected chi connectivity index (χ4v) is 3.39. The number of rotatable bonds is 3. The van der Waals surface area contributed by atoms with Crippen LogP contribution in [0.25, 0.3) is 0 Å². The molecule has 1 rings (SSSR count). The summed E-state index contributed by atoms with van der Waals surface area (Å²) in [5, 5.41) is 2.91. The van der Waals surface area contributed by atoms with Crippen LogP contribution in [0, 0.1) is 0 Å². The maximum atomic E-state index is 11.2. The van der Waals surface area contributed by atoms with E-state index in [-0.39, 0.29) is 5.25 Å². The van der Waals surface area contributed by atoms with Gasteiger partial charge >= 0.3 is 0 Å². The molecule has 0 aromatic rings. The first-order chi connectivity index (χ1) is 5.17. The summed E-state index contributed by atoms with van der Waals surface area (Å²) in [6.45, 7) is 0.809. The summed E-state index contributed by atoms with van der Waals surface area (Å²) in [6.07, 6.45) is 2.50. The van der Waals surface area contributed by atoms with Gasteiger partial charge in [0.05, 0.1) is 11.0 Å². The van der Waals surface area contributed by atoms with Gasteiger partial charge in [-0.3, -0.25) is 0 Å². The normalized spacial score (nSPS) is 29.0. The Morgan fingerprint density at radius 1 is 1.55 bits per heavy atom. The lowest BCUT2D eigenvalue weighted by Crippen LogP contribution is -2.21. The second kappa shape index (κ2) is 3.54. The summed E-state index contributed by atoms with van der Waals surface area (Å²) in [6, 6.07) is 0. The van der Waals surface area contributed by atoms with Gasteiger partial charge in [0.2, 0.25) is 0 Å². The van der Waals surface area contributed by atoms with Gasteiger partial charge in [-0.25, -0.2) is 8.42 Å². The van der Waals surface area contributed by atoms with Crippen LogP contribution in [0.15, 0.2) is 0 Å². The van der Waals surface area contributed by atoms with Gasteiger partial charge in [-0.1, -0.05) is 0 Å². The van der Waals surface area contributed by atoms with Gasteiger partial charge in [0.1, 0.15) is 0 Å². The fraction of sp³-hybridized carbons (Fsp3) is 1.00. The molecule has 1 aliphatic rings. The van der Waals surface area contributed by atoms with Crippen LogP contribution in [0.1, 0.15) is 19.3 Å². The van der Waals surface area contributed by atoms with E-state index in [9.17, 15) is 8.42 Å². The van der Waals surface area contributed by atoms with E-state index in [0.717, 1.165) is 25.8 Å². The largest absolute Gasteiger partial charge is 0.320 e. The van der Waals surface area contributed by atoms with Crippen LogP contribution in [0.5, 0.6) is 0 Å². The Morgan fingerprint density at radius 2 is 2.27 bits per heavy atom. The molecule has 1 saturated heterocycles. The summed E-state index contributed by atoms with van der Waals surface area (Å²) in [7, 11) is -0.851. The number of sulfone groups is 1. The van der Waals surface area contributed by atoms with Gasteiger partial charge < -0.3 is 5.32 Å². The Hall–Kier alpha value is -0.0900. The lowest BCUT2D eigenvalue weighted by molar-refractivity contribution is 0.577. The first kappa shape index (κ1) is 9.00. The lowest BCUT2D eigenvalue weighted by Gasteiger charge is -2.07. The van der Waals surface area contributed by atoms with Gasteiger partial charge in [-0.05, 0) is 32.9 Å². The molecule has 11 heavy (non-hydrogen) atoms. The molecule has 0 spiro atoms.